The maximum absolute atomic E-state index is 12.0. The highest BCUT2D eigenvalue weighted by molar-refractivity contribution is 5.94. The molecular weight excluding hydrogens is 296 g/mol. The Hall–Kier alpha value is -2.89. The van der Waals surface area contributed by atoms with E-state index in [0.29, 0.717) is 24.3 Å². The first-order chi connectivity index (χ1) is 11.0. The Labute approximate surface area is 134 Å². The molecule has 0 aliphatic carbocycles. The second kappa shape index (κ2) is 7.40. The van der Waals surface area contributed by atoms with Crippen molar-refractivity contribution < 1.29 is 14.5 Å². The van der Waals surface area contributed by atoms with Gasteiger partial charge in [0.25, 0.3) is 11.6 Å². The number of hydrogen-bond acceptors (Lipinski definition) is 4. The van der Waals surface area contributed by atoms with E-state index in [4.69, 9.17) is 4.74 Å². The molecule has 0 fully saturated rings. The lowest BCUT2D eigenvalue weighted by Gasteiger charge is -2.10. The molecule has 0 aliphatic rings. The molecule has 0 heterocycles. The van der Waals surface area contributed by atoms with Gasteiger partial charge in [0.1, 0.15) is 12.4 Å². The van der Waals surface area contributed by atoms with Crippen LogP contribution in [0.3, 0.4) is 0 Å². The number of nitrogens with zero attached hydrogens (tertiary/aromatic N) is 1. The van der Waals surface area contributed by atoms with E-state index in [1.54, 1.807) is 6.92 Å². The lowest BCUT2D eigenvalue weighted by Crippen LogP contribution is -2.28. The topological polar surface area (TPSA) is 81.5 Å². The van der Waals surface area contributed by atoms with Gasteiger partial charge in [0.05, 0.1) is 11.5 Å². The molecular formula is C17H18N2O4. The molecule has 1 amide bonds. The third-order valence-electron chi connectivity index (χ3n) is 3.39. The highest BCUT2D eigenvalue weighted by atomic mass is 16.6. The molecule has 0 saturated heterocycles. The van der Waals surface area contributed by atoms with Crippen LogP contribution in [0.4, 0.5) is 5.69 Å². The number of carbonyl (C=O) groups is 1. The van der Waals surface area contributed by atoms with Crippen molar-refractivity contribution in [3.05, 3.63) is 69.3 Å². The third kappa shape index (κ3) is 4.29. The highest BCUT2D eigenvalue weighted by Crippen LogP contribution is 2.18. The predicted octanol–water partition coefficient (Wildman–Crippen LogP) is 3.02. The Morgan fingerprint density at radius 3 is 2.57 bits per heavy atom. The first kappa shape index (κ1) is 16.5. The summed E-state index contributed by atoms with van der Waals surface area (Å²) in [6.45, 7) is 4.26. The van der Waals surface area contributed by atoms with Gasteiger partial charge >= 0.3 is 0 Å². The Morgan fingerprint density at radius 1 is 1.17 bits per heavy atom. The molecule has 0 bridgehead atoms. The minimum absolute atomic E-state index is 0.00411. The zero-order chi connectivity index (χ0) is 16.8. The largest absolute Gasteiger partial charge is 0.491 e. The highest BCUT2D eigenvalue weighted by Gasteiger charge is 2.13. The first-order valence-electron chi connectivity index (χ1n) is 7.20. The van der Waals surface area contributed by atoms with Crippen molar-refractivity contribution in [3.8, 4) is 5.75 Å². The number of nitro groups is 1. The monoisotopic (exact) mass is 314 g/mol. The number of ether oxygens (including phenoxy) is 1. The van der Waals surface area contributed by atoms with Crippen molar-refractivity contribution in [2.45, 2.75) is 13.8 Å². The van der Waals surface area contributed by atoms with Gasteiger partial charge in [0, 0.05) is 17.2 Å². The van der Waals surface area contributed by atoms with Crippen LogP contribution >= 0.6 is 0 Å². The van der Waals surface area contributed by atoms with Gasteiger partial charge in [-0.3, -0.25) is 14.9 Å². The number of hydrogen-bond donors (Lipinski definition) is 1. The Bertz CT molecular complexity index is 728. The van der Waals surface area contributed by atoms with Crippen molar-refractivity contribution in [1.82, 2.24) is 5.32 Å². The average Bonchev–Trinajstić information content (AvgIpc) is 2.52. The number of benzene rings is 2. The van der Waals surface area contributed by atoms with Gasteiger partial charge in [0.15, 0.2) is 0 Å². The van der Waals surface area contributed by atoms with E-state index in [2.05, 4.69) is 5.32 Å². The van der Waals surface area contributed by atoms with Gasteiger partial charge in [-0.15, -0.1) is 0 Å². The summed E-state index contributed by atoms with van der Waals surface area (Å²) in [5, 5.41) is 13.5. The summed E-state index contributed by atoms with van der Waals surface area (Å²) >= 11 is 0. The smallest absolute Gasteiger partial charge is 0.272 e. The lowest BCUT2D eigenvalue weighted by atomic mass is 10.1. The van der Waals surface area contributed by atoms with E-state index in [9.17, 15) is 14.9 Å². The molecule has 0 aromatic heterocycles. The van der Waals surface area contributed by atoms with E-state index in [1.165, 1.54) is 18.2 Å². The number of aryl methyl sites for hydroxylation is 2. The van der Waals surface area contributed by atoms with Crippen molar-refractivity contribution in [2.24, 2.45) is 0 Å². The van der Waals surface area contributed by atoms with Gasteiger partial charge < -0.3 is 10.1 Å². The second-order valence-corrected chi connectivity index (χ2v) is 5.13. The molecule has 0 atom stereocenters. The van der Waals surface area contributed by atoms with Crippen LogP contribution in [0.5, 0.6) is 5.75 Å². The van der Waals surface area contributed by atoms with Crippen molar-refractivity contribution in [2.75, 3.05) is 13.2 Å². The number of nitrogens with one attached hydrogen (secondary N) is 1. The molecule has 0 unspecified atom stereocenters. The van der Waals surface area contributed by atoms with E-state index in [0.717, 1.165) is 11.3 Å². The maximum atomic E-state index is 12.0. The quantitative estimate of drug-likeness (QED) is 0.505. The van der Waals surface area contributed by atoms with Crippen LogP contribution < -0.4 is 10.1 Å². The number of para-hydroxylation sites is 1. The molecule has 2 aromatic carbocycles. The van der Waals surface area contributed by atoms with Crippen molar-refractivity contribution in [3.63, 3.8) is 0 Å². The van der Waals surface area contributed by atoms with Crippen LogP contribution in [0.15, 0.2) is 42.5 Å². The molecule has 6 heteroatoms. The molecule has 0 saturated carbocycles. The minimum Gasteiger partial charge on any atom is -0.491 e. The number of rotatable bonds is 6. The zero-order valence-corrected chi connectivity index (χ0v) is 13.0. The molecule has 1 N–H and O–H groups in total. The molecule has 0 aliphatic heterocycles. The summed E-state index contributed by atoms with van der Waals surface area (Å²) < 4.78 is 5.59. The molecule has 6 nitrogen and oxygen atoms in total. The maximum Gasteiger partial charge on any atom is 0.272 e. The molecule has 0 radical (unpaired) electrons. The van der Waals surface area contributed by atoms with Gasteiger partial charge in [-0.25, -0.2) is 0 Å². The molecule has 23 heavy (non-hydrogen) atoms. The molecule has 0 spiro atoms. The first-order valence-corrected chi connectivity index (χ1v) is 7.20. The van der Waals surface area contributed by atoms with Crippen LogP contribution in [-0.4, -0.2) is 24.0 Å². The summed E-state index contributed by atoms with van der Waals surface area (Å²) in [6.07, 6.45) is 0. The molecule has 2 aromatic rings. The fraction of sp³-hybridized carbons (Fsp3) is 0.235. The standard InChI is InChI=1S/C17H18N2O4/c1-12-5-3-4-6-16(12)23-10-9-18-17(20)14-7-8-15(19(21)22)13(2)11-14/h3-8,11H,9-10H2,1-2H3,(H,18,20). The van der Waals surface area contributed by atoms with Crippen molar-refractivity contribution >= 4 is 11.6 Å². The van der Waals surface area contributed by atoms with E-state index in [1.807, 2.05) is 31.2 Å². The Kier molecular flexibility index (Phi) is 5.30. The summed E-state index contributed by atoms with van der Waals surface area (Å²) in [6, 6.07) is 11.9. The van der Waals surface area contributed by atoms with E-state index >= 15 is 0 Å². The summed E-state index contributed by atoms with van der Waals surface area (Å²) in [4.78, 5) is 22.3. The van der Waals surface area contributed by atoms with Gasteiger partial charge in [0.2, 0.25) is 0 Å². The lowest BCUT2D eigenvalue weighted by molar-refractivity contribution is -0.385. The van der Waals surface area contributed by atoms with Crippen LogP contribution in [0, 0.1) is 24.0 Å². The normalized spacial score (nSPS) is 10.2. The summed E-state index contributed by atoms with van der Waals surface area (Å²) in [5.74, 6) is 0.504. The third-order valence-corrected chi connectivity index (χ3v) is 3.39. The number of carbonyl (C=O) groups excluding carboxylic acids is 1. The average molecular weight is 314 g/mol. The minimum atomic E-state index is -0.465. The van der Waals surface area contributed by atoms with Crippen LogP contribution in [-0.2, 0) is 0 Å². The SMILES string of the molecule is Cc1ccccc1OCCNC(=O)c1ccc([N+](=O)[O-])c(C)c1. The number of nitro benzene ring substituents is 1. The summed E-state index contributed by atoms with van der Waals surface area (Å²) in [5.41, 5.74) is 1.89. The fourth-order valence-corrected chi connectivity index (χ4v) is 2.15. The van der Waals surface area contributed by atoms with Crippen LogP contribution in [0.2, 0.25) is 0 Å². The van der Waals surface area contributed by atoms with Crippen LogP contribution in [0.25, 0.3) is 0 Å². The van der Waals surface area contributed by atoms with Crippen LogP contribution in [0.1, 0.15) is 21.5 Å². The predicted molar refractivity (Wildman–Crippen MR) is 86.8 cm³/mol. The Morgan fingerprint density at radius 2 is 1.91 bits per heavy atom. The fourth-order valence-electron chi connectivity index (χ4n) is 2.15. The summed E-state index contributed by atoms with van der Waals surface area (Å²) in [7, 11) is 0. The van der Waals surface area contributed by atoms with Gasteiger partial charge in [-0.05, 0) is 37.6 Å². The number of amides is 1. The van der Waals surface area contributed by atoms with Gasteiger partial charge in [-0.1, -0.05) is 18.2 Å². The molecule has 120 valence electrons. The van der Waals surface area contributed by atoms with E-state index < -0.39 is 4.92 Å². The van der Waals surface area contributed by atoms with Gasteiger partial charge in [-0.2, -0.15) is 0 Å². The second-order valence-electron chi connectivity index (χ2n) is 5.13. The molecule has 2 rings (SSSR count). The Balaban J connectivity index is 1.87. The zero-order valence-electron chi connectivity index (χ0n) is 13.0. The van der Waals surface area contributed by atoms with Crippen molar-refractivity contribution in [1.29, 1.82) is 0 Å². The van der Waals surface area contributed by atoms with E-state index in [-0.39, 0.29) is 11.6 Å².